The minimum Gasteiger partial charge on any atom is -0.347 e. The van der Waals surface area contributed by atoms with Crippen LogP contribution in [0.3, 0.4) is 0 Å². The minimum absolute atomic E-state index is 0. The molecule has 0 fully saturated rings. The van der Waals surface area contributed by atoms with E-state index in [1.807, 2.05) is 24.1 Å². The second-order valence-electron chi connectivity index (χ2n) is 6.54. The fraction of sp³-hybridized carbons (Fsp3) is 0.300. The third-order valence-corrected chi connectivity index (χ3v) is 4.83. The quantitative estimate of drug-likeness (QED) is 0.526. The molecule has 5 nitrogen and oxygen atoms in total. The molecule has 0 saturated carbocycles. The smallest absolute Gasteiger partial charge is 0.139 e. The van der Waals surface area contributed by atoms with Gasteiger partial charge in [-0.05, 0) is 37.1 Å². The zero-order chi connectivity index (χ0) is 17.4. The van der Waals surface area contributed by atoms with Crippen LogP contribution in [0.4, 0.5) is 11.5 Å². The summed E-state index contributed by atoms with van der Waals surface area (Å²) >= 11 is 0. The van der Waals surface area contributed by atoms with Crippen LogP contribution in [-0.4, -0.2) is 19.3 Å². The van der Waals surface area contributed by atoms with E-state index in [9.17, 15) is 0 Å². The molecule has 26 heavy (non-hydrogen) atoms. The largest absolute Gasteiger partial charge is 0.347 e. The van der Waals surface area contributed by atoms with E-state index in [4.69, 9.17) is 0 Å². The zero-order valence-electron chi connectivity index (χ0n) is 15.4. The molecule has 4 rings (SSSR count). The predicted octanol–water partition coefficient (Wildman–Crippen LogP) is 5.20. The van der Waals surface area contributed by atoms with Gasteiger partial charge in [-0.15, -0.1) is 12.4 Å². The highest BCUT2D eigenvalue weighted by Crippen LogP contribution is 2.32. The Balaban J connectivity index is 0.00000196. The first-order valence-corrected chi connectivity index (χ1v) is 8.81. The molecule has 0 aliphatic heterocycles. The monoisotopic (exact) mass is 369 g/mol. The van der Waals surface area contributed by atoms with E-state index in [-0.39, 0.29) is 12.4 Å². The van der Waals surface area contributed by atoms with Crippen molar-refractivity contribution in [2.45, 2.75) is 33.2 Å². The molecule has 0 unspecified atom stereocenters. The third-order valence-electron chi connectivity index (χ3n) is 4.83. The molecule has 0 bridgehead atoms. The second kappa shape index (κ2) is 7.38. The first-order chi connectivity index (χ1) is 12.2. The van der Waals surface area contributed by atoms with Crippen molar-refractivity contribution in [1.29, 1.82) is 0 Å². The molecule has 1 aromatic carbocycles. The molecule has 0 aliphatic carbocycles. The number of nitrogens with one attached hydrogen (secondary N) is 1. The van der Waals surface area contributed by atoms with Gasteiger partial charge in [-0.3, -0.25) is 4.68 Å². The molecular weight excluding hydrogens is 346 g/mol. The van der Waals surface area contributed by atoms with Crippen molar-refractivity contribution in [3.8, 4) is 0 Å². The van der Waals surface area contributed by atoms with Crippen LogP contribution in [0.2, 0.25) is 0 Å². The second-order valence-corrected chi connectivity index (χ2v) is 6.54. The van der Waals surface area contributed by atoms with Crippen LogP contribution in [0.25, 0.3) is 21.8 Å². The summed E-state index contributed by atoms with van der Waals surface area (Å²) in [5, 5.41) is 10.2. The van der Waals surface area contributed by atoms with E-state index in [0.717, 1.165) is 34.3 Å². The average Bonchev–Trinajstić information content (AvgIpc) is 3.20. The topological polar surface area (TPSA) is 47.7 Å². The molecule has 4 aromatic rings. The van der Waals surface area contributed by atoms with Gasteiger partial charge < -0.3 is 9.88 Å². The summed E-state index contributed by atoms with van der Waals surface area (Å²) in [6.45, 7) is 5.37. The maximum Gasteiger partial charge on any atom is 0.139 e. The number of fused-ring (bicyclic) bond motifs is 2. The number of pyridine rings is 1. The SMILES string of the molecule is CCCCn1ccc2c(Nc3c(C)ccc4c3cnn4C)nccc21.Cl. The summed E-state index contributed by atoms with van der Waals surface area (Å²) in [4.78, 5) is 4.60. The number of unbranched alkanes of at least 4 members (excludes halogenated alkanes) is 1. The van der Waals surface area contributed by atoms with E-state index in [0.29, 0.717) is 0 Å². The minimum atomic E-state index is 0. The molecule has 0 spiro atoms. The number of hydrogen-bond donors (Lipinski definition) is 1. The standard InChI is InChI=1S/C20H23N5.ClH/c1-4-5-11-25-12-9-15-18(25)8-10-21-20(15)23-19-14(2)6-7-17-16(19)13-22-24(17)3;/h6-10,12-13H,4-5,11H2,1-3H3,(H,21,23);1H. The van der Waals surface area contributed by atoms with Crippen LogP contribution in [0.1, 0.15) is 25.3 Å². The lowest BCUT2D eigenvalue weighted by molar-refractivity contribution is 0.650. The molecule has 0 saturated heterocycles. The van der Waals surface area contributed by atoms with Gasteiger partial charge in [0.05, 0.1) is 22.9 Å². The molecular formula is C20H24ClN5. The van der Waals surface area contributed by atoms with E-state index < -0.39 is 0 Å². The number of nitrogens with zero attached hydrogens (tertiary/aromatic N) is 4. The van der Waals surface area contributed by atoms with E-state index in [1.165, 1.54) is 23.9 Å². The van der Waals surface area contributed by atoms with Crippen LogP contribution < -0.4 is 5.32 Å². The zero-order valence-corrected chi connectivity index (χ0v) is 16.2. The molecule has 136 valence electrons. The third kappa shape index (κ3) is 3.03. The summed E-state index contributed by atoms with van der Waals surface area (Å²) in [6.07, 6.45) is 8.33. The van der Waals surface area contributed by atoms with Crippen molar-refractivity contribution in [2.24, 2.45) is 7.05 Å². The Morgan fingerprint density at radius 3 is 2.73 bits per heavy atom. The van der Waals surface area contributed by atoms with Crippen LogP contribution in [-0.2, 0) is 13.6 Å². The summed E-state index contributed by atoms with van der Waals surface area (Å²) in [5.41, 5.74) is 4.60. The molecule has 0 aliphatic rings. The first kappa shape index (κ1) is 18.3. The van der Waals surface area contributed by atoms with Gasteiger partial charge in [0.2, 0.25) is 0 Å². The van der Waals surface area contributed by atoms with Crippen LogP contribution in [0.15, 0.2) is 42.9 Å². The van der Waals surface area contributed by atoms with Gasteiger partial charge in [0.25, 0.3) is 0 Å². The summed E-state index contributed by atoms with van der Waals surface area (Å²) in [7, 11) is 1.97. The highest BCUT2D eigenvalue weighted by Gasteiger charge is 2.12. The van der Waals surface area contributed by atoms with Crippen molar-refractivity contribution < 1.29 is 0 Å². The van der Waals surface area contributed by atoms with Gasteiger partial charge in [0.15, 0.2) is 0 Å². The van der Waals surface area contributed by atoms with Gasteiger partial charge in [-0.25, -0.2) is 4.98 Å². The first-order valence-electron chi connectivity index (χ1n) is 8.81. The van der Waals surface area contributed by atoms with Crippen molar-refractivity contribution >= 4 is 45.7 Å². The Morgan fingerprint density at radius 1 is 1.08 bits per heavy atom. The average molecular weight is 370 g/mol. The Hall–Kier alpha value is -2.53. The number of rotatable bonds is 5. The fourth-order valence-electron chi connectivity index (χ4n) is 3.37. The lowest BCUT2D eigenvalue weighted by atomic mass is 10.1. The summed E-state index contributed by atoms with van der Waals surface area (Å²) < 4.78 is 4.21. The predicted molar refractivity (Wildman–Crippen MR) is 111 cm³/mol. The van der Waals surface area contributed by atoms with Crippen LogP contribution in [0, 0.1) is 6.92 Å². The summed E-state index contributed by atoms with van der Waals surface area (Å²) in [6, 6.07) is 8.48. The number of aryl methyl sites for hydroxylation is 3. The molecule has 6 heteroatoms. The van der Waals surface area contributed by atoms with E-state index >= 15 is 0 Å². The van der Waals surface area contributed by atoms with Crippen LogP contribution >= 0.6 is 12.4 Å². The maximum absolute atomic E-state index is 4.60. The van der Waals surface area contributed by atoms with Crippen molar-refractivity contribution in [3.05, 3.63) is 48.4 Å². The summed E-state index contributed by atoms with van der Waals surface area (Å²) in [5.74, 6) is 0.896. The van der Waals surface area contributed by atoms with Gasteiger partial charge in [0.1, 0.15) is 5.82 Å². The Bertz CT molecular complexity index is 1050. The van der Waals surface area contributed by atoms with Crippen molar-refractivity contribution in [3.63, 3.8) is 0 Å². The van der Waals surface area contributed by atoms with E-state index in [1.54, 1.807) is 0 Å². The number of benzene rings is 1. The van der Waals surface area contributed by atoms with Crippen molar-refractivity contribution in [1.82, 2.24) is 19.3 Å². The highest BCUT2D eigenvalue weighted by atomic mass is 35.5. The molecule has 0 atom stereocenters. The van der Waals surface area contributed by atoms with Gasteiger partial charge in [-0.2, -0.15) is 5.10 Å². The van der Waals surface area contributed by atoms with E-state index in [2.05, 4.69) is 64.3 Å². The Labute approximate surface area is 159 Å². The molecule has 1 N–H and O–H groups in total. The highest BCUT2D eigenvalue weighted by molar-refractivity contribution is 5.98. The van der Waals surface area contributed by atoms with Gasteiger partial charge >= 0.3 is 0 Å². The number of aromatic nitrogens is 4. The normalized spacial score (nSPS) is 11.0. The lowest BCUT2D eigenvalue weighted by Crippen LogP contribution is -1.99. The Kier molecular flexibility index (Phi) is 5.18. The Morgan fingerprint density at radius 2 is 1.92 bits per heavy atom. The fourth-order valence-corrected chi connectivity index (χ4v) is 3.37. The van der Waals surface area contributed by atoms with Gasteiger partial charge in [0, 0.05) is 36.8 Å². The molecule has 0 radical (unpaired) electrons. The maximum atomic E-state index is 4.60. The van der Waals surface area contributed by atoms with Gasteiger partial charge in [-0.1, -0.05) is 19.4 Å². The molecule has 3 aromatic heterocycles. The number of anilines is 2. The molecule has 0 amide bonds. The number of hydrogen-bond acceptors (Lipinski definition) is 3. The van der Waals surface area contributed by atoms with Crippen molar-refractivity contribution in [2.75, 3.05) is 5.32 Å². The van der Waals surface area contributed by atoms with Crippen LogP contribution in [0.5, 0.6) is 0 Å². The molecule has 3 heterocycles. The lowest BCUT2D eigenvalue weighted by Gasteiger charge is -2.12. The number of halogens is 1.